The SMILES string of the molecule is Nc1nc2c(ncn2[C@@H]2O[C@@H]3COP(=O)(O)O[C@@H]4C(F)[C@H](n5cnc6c(=O)[nH]c(N)nc65)O[C@@H]4COP(=O)([O-])O[C@@H]3C2F)c(=O)[nH]1. The highest BCUT2D eigenvalue weighted by Gasteiger charge is 2.54. The molecule has 22 nitrogen and oxygen atoms in total. The van der Waals surface area contributed by atoms with Crippen molar-refractivity contribution in [2.75, 3.05) is 24.7 Å². The average Bonchev–Trinajstić information content (AvgIpc) is 3.72. The number of ether oxygens (including phenoxy) is 2. The third-order valence-electron chi connectivity index (χ3n) is 7.29. The normalized spacial score (nSPS) is 37.1. The molecule has 26 heteroatoms. The van der Waals surface area contributed by atoms with Gasteiger partial charge in [0, 0.05) is 0 Å². The van der Waals surface area contributed by atoms with Gasteiger partial charge >= 0.3 is 7.82 Å². The number of imidazole rings is 2. The first-order chi connectivity index (χ1) is 21.7. The van der Waals surface area contributed by atoms with Crippen LogP contribution in [0.1, 0.15) is 12.5 Å². The summed E-state index contributed by atoms with van der Waals surface area (Å²) in [7, 11) is -10.7. The third-order valence-corrected chi connectivity index (χ3v) is 9.24. The molecule has 3 saturated heterocycles. The van der Waals surface area contributed by atoms with Crippen LogP contribution in [0.25, 0.3) is 22.3 Å². The number of aromatic nitrogens is 8. The molecule has 4 aromatic rings. The Hall–Kier alpha value is -3.70. The second-order valence-corrected chi connectivity index (χ2v) is 13.0. The predicted molar refractivity (Wildman–Crippen MR) is 142 cm³/mol. The van der Waals surface area contributed by atoms with Crippen LogP contribution in [0.3, 0.4) is 0 Å². The lowest BCUT2D eigenvalue weighted by molar-refractivity contribution is -0.235. The minimum absolute atomic E-state index is 0.227. The second-order valence-electron chi connectivity index (χ2n) is 10.2. The van der Waals surface area contributed by atoms with Crippen LogP contribution < -0.4 is 27.5 Å². The van der Waals surface area contributed by atoms with E-state index in [-0.39, 0.29) is 34.2 Å². The highest BCUT2D eigenvalue weighted by molar-refractivity contribution is 7.47. The smallest absolute Gasteiger partial charge is 0.472 e. The highest BCUT2D eigenvalue weighted by atomic mass is 31.2. The summed E-state index contributed by atoms with van der Waals surface area (Å²) in [6, 6.07) is 0. The summed E-state index contributed by atoms with van der Waals surface area (Å²) in [4.78, 5) is 67.6. The molecule has 7 rings (SSSR count). The van der Waals surface area contributed by atoms with E-state index in [2.05, 4.69) is 29.9 Å². The van der Waals surface area contributed by atoms with Crippen LogP contribution in [0.15, 0.2) is 22.2 Å². The van der Waals surface area contributed by atoms with Gasteiger partial charge in [0.1, 0.15) is 24.4 Å². The molecule has 0 aliphatic carbocycles. The van der Waals surface area contributed by atoms with Gasteiger partial charge in [0.05, 0.1) is 25.9 Å². The number of aromatic amines is 2. The summed E-state index contributed by atoms with van der Waals surface area (Å²) in [5.74, 6) is -0.682. The van der Waals surface area contributed by atoms with Crippen LogP contribution in [-0.2, 0) is 36.7 Å². The quantitative estimate of drug-likeness (QED) is 0.146. The Morgan fingerprint density at radius 3 is 1.80 bits per heavy atom. The number of phosphoric ester groups is 2. The van der Waals surface area contributed by atoms with Crippen molar-refractivity contribution in [2.45, 2.75) is 49.2 Å². The van der Waals surface area contributed by atoms with Crippen LogP contribution in [-0.4, -0.2) is 93.9 Å². The van der Waals surface area contributed by atoms with Gasteiger partial charge in [-0.2, -0.15) is 9.97 Å². The number of nitrogens with two attached hydrogens (primary N) is 2. The number of halogens is 2. The van der Waals surface area contributed by atoms with Crippen LogP contribution in [0, 0.1) is 0 Å². The number of nitrogens with one attached hydrogen (secondary N) is 2. The molecule has 0 amide bonds. The second kappa shape index (κ2) is 10.9. The van der Waals surface area contributed by atoms with Crippen molar-refractivity contribution in [3.8, 4) is 0 Å². The van der Waals surface area contributed by atoms with Gasteiger partial charge in [0.15, 0.2) is 47.1 Å². The molecule has 4 aromatic heterocycles. The van der Waals surface area contributed by atoms with Crippen molar-refractivity contribution in [2.24, 2.45) is 0 Å². The van der Waals surface area contributed by atoms with E-state index in [0.717, 1.165) is 21.8 Å². The van der Waals surface area contributed by atoms with Crippen LogP contribution in [0.2, 0.25) is 0 Å². The number of anilines is 2. The Morgan fingerprint density at radius 1 is 0.848 bits per heavy atom. The summed E-state index contributed by atoms with van der Waals surface area (Å²) in [5, 5.41) is 0. The van der Waals surface area contributed by atoms with Crippen LogP contribution >= 0.6 is 15.6 Å². The fourth-order valence-electron chi connectivity index (χ4n) is 5.31. The molecule has 7 N–H and O–H groups in total. The monoisotopic (exact) mass is 693 g/mol. The van der Waals surface area contributed by atoms with Gasteiger partial charge in [-0.15, -0.1) is 0 Å². The van der Waals surface area contributed by atoms with Gasteiger partial charge in [-0.3, -0.25) is 42.3 Å². The molecule has 3 fully saturated rings. The molecule has 46 heavy (non-hydrogen) atoms. The molecule has 0 bridgehead atoms. The lowest BCUT2D eigenvalue weighted by Gasteiger charge is -2.31. The maximum Gasteiger partial charge on any atom is 0.472 e. The summed E-state index contributed by atoms with van der Waals surface area (Å²) in [6.45, 7) is -2.07. The molecule has 0 radical (unpaired) electrons. The van der Waals surface area contributed by atoms with Crippen LogP contribution in [0.5, 0.6) is 0 Å². The van der Waals surface area contributed by atoms with Crippen molar-refractivity contribution >= 4 is 49.9 Å². The maximum absolute atomic E-state index is 15.9. The van der Waals surface area contributed by atoms with Gasteiger partial charge in [-0.05, 0) is 0 Å². The Labute approximate surface area is 251 Å². The number of alkyl halides is 2. The average molecular weight is 693 g/mol. The largest absolute Gasteiger partial charge is 0.756 e. The topological polar surface area (TPSA) is 312 Å². The first kappa shape index (κ1) is 30.9. The Kier molecular flexibility index (Phi) is 7.36. The molecule has 10 atom stereocenters. The lowest BCUT2D eigenvalue weighted by atomic mass is 10.1. The summed E-state index contributed by atoms with van der Waals surface area (Å²) in [6.07, 6.45) is -13.7. The maximum atomic E-state index is 15.9. The zero-order valence-electron chi connectivity index (χ0n) is 22.6. The third kappa shape index (κ3) is 5.31. The van der Waals surface area contributed by atoms with E-state index in [1.54, 1.807) is 0 Å². The Balaban J connectivity index is 1.18. The van der Waals surface area contributed by atoms with Gasteiger partial charge < -0.3 is 39.8 Å². The van der Waals surface area contributed by atoms with E-state index in [1.807, 2.05) is 0 Å². The number of H-pyrrole nitrogens is 2. The summed E-state index contributed by atoms with van der Waals surface area (Å²) < 4.78 is 90.5. The minimum atomic E-state index is -5.47. The van der Waals surface area contributed by atoms with E-state index in [4.69, 9.17) is 39.0 Å². The fraction of sp³-hybridized carbons (Fsp3) is 0.500. The Bertz CT molecular complexity index is 1910. The van der Waals surface area contributed by atoms with Gasteiger partial charge in [0.25, 0.3) is 18.9 Å². The zero-order chi connectivity index (χ0) is 32.7. The molecule has 7 heterocycles. The molecule has 0 saturated carbocycles. The number of fused-ring (bicyclic) bond motifs is 4. The van der Waals surface area contributed by atoms with Crippen molar-refractivity contribution in [1.82, 2.24) is 39.0 Å². The Morgan fingerprint density at radius 2 is 1.30 bits per heavy atom. The highest BCUT2D eigenvalue weighted by Crippen LogP contribution is 2.53. The van der Waals surface area contributed by atoms with Crippen molar-refractivity contribution < 1.29 is 55.3 Å². The molecular weight excluding hydrogens is 672 g/mol. The standard InChI is InChI=1S/C20H22F2N10O12P2/c21-7-11-5(41-17(7)31-3-25-9-13(31)27-19(23)29-15(9)33)1-39-45(35,36)44-12-6(2-40-46(37,38)43-11)42-18(8(12)22)32-4-26-10-14(32)28-20(24)30-16(10)34/h3-8,11-12,17-18H,1-2H2,(H,35,36)(H,37,38)(H3,23,27,29,33)(H3,24,28,30,34)/p-1/t5-,6-,7?,8?,11+,12+,17-,18-/m1/s1. The van der Waals surface area contributed by atoms with Crippen molar-refractivity contribution in [3.05, 3.63) is 33.4 Å². The number of hydrogen-bond donors (Lipinski definition) is 5. The number of phosphoric acid groups is 2. The van der Waals surface area contributed by atoms with Crippen molar-refractivity contribution in [1.29, 1.82) is 0 Å². The molecule has 0 aromatic carbocycles. The van der Waals surface area contributed by atoms with Gasteiger partial charge in [0.2, 0.25) is 11.9 Å². The first-order valence-corrected chi connectivity index (χ1v) is 16.0. The minimum Gasteiger partial charge on any atom is -0.756 e. The molecule has 0 spiro atoms. The molecule has 4 unspecified atom stereocenters. The first-order valence-electron chi connectivity index (χ1n) is 13.0. The zero-order valence-corrected chi connectivity index (χ0v) is 24.4. The van der Waals surface area contributed by atoms with E-state index >= 15 is 8.78 Å². The van der Waals surface area contributed by atoms with Gasteiger partial charge in [-0.1, -0.05) is 0 Å². The number of rotatable bonds is 2. The number of nitrogen functional groups attached to an aromatic ring is 2. The lowest BCUT2D eigenvalue weighted by Crippen LogP contribution is -2.38. The van der Waals surface area contributed by atoms with E-state index in [1.165, 1.54) is 0 Å². The van der Waals surface area contributed by atoms with Gasteiger partial charge in [-0.25, -0.2) is 23.3 Å². The van der Waals surface area contributed by atoms with E-state index in [9.17, 15) is 28.5 Å². The summed E-state index contributed by atoms with van der Waals surface area (Å²) >= 11 is 0. The number of nitrogens with zero attached hydrogens (tertiary/aromatic N) is 6. The van der Waals surface area contributed by atoms with E-state index in [0.29, 0.717) is 0 Å². The summed E-state index contributed by atoms with van der Waals surface area (Å²) in [5.41, 5.74) is 8.69. The predicted octanol–water partition coefficient (Wildman–Crippen LogP) is -1.73. The van der Waals surface area contributed by atoms with E-state index < -0.39 is 89.2 Å². The van der Waals surface area contributed by atoms with Crippen molar-refractivity contribution in [3.63, 3.8) is 0 Å². The molecule has 3 aliphatic rings. The van der Waals surface area contributed by atoms with Crippen LogP contribution in [0.4, 0.5) is 20.7 Å². The molecule has 3 aliphatic heterocycles. The number of hydrogen-bond acceptors (Lipinski definition) is 17. The molecular formula is C20H21F2N10O12P2-. The molecule has 248 valence electrons. The fourth-order valence-corrected chi connectivity index (χ4v) is 7.21.